The summed E-state index contributed by atoms with van der Waals surface area (Å²) in [4.78, 5) is 19.8. The molecule has 0 aliphatic heterocycles. The first kappa shape index (κ1) is 15.4. The van der Waals surface area contributed by atoms with E-state index >= 15 is 0 Å². The first-order valence-corrected chi connectivity index (χ1v) is 6.55. The van der Waals surface area contributed by atoms with Crippen molar-refractivity contribution in [2.45, 2.75) is 20.3 Å². The maximum absolute atomic E-state index is 11.1. The van der Waals surface area contributed by atoms with Gasteiger partial charge in [0.25, 0.3) is 0 Å². The fraction of sp³-hybridized carbons (Fsp3) is 0.571. The number of likely N-dealkylation sites (N-methyl/N-ethyl adjacent to an activating group) is 1. The zero-order valence-electron chi connectivity index (χ0n) is 12.2. The fourth-order valence-electron chi connectivity index (χ4n) is 1.87. The van der Waals surface area contributed by atoms with Crippen LogP contribution in [0.2, 0.25) is 0 Å². The first-order chi connectivity index (χ1) is 8.93. The number of anilines is 1. The molecule has 5 heteroatoms. The normalized spacial score (nSPS) is 10.8. The van der Waals surface area contributed by atoms with Gasteiger partial charge in [0.1, 0.15) is 5.82 Å². The SMILES string of the molecule is CCCN(CCN(C)C)c1cc(C(=O)O)cc(C)n1. The smallest absolute Gasteiger partial charge is 0.335 e. The van der Waals surface area contributed by atoms with Crippen LogP contribution in [0, 0.1) is 6.92 Å². The average molecular weight is 265 g/mol. The summed E-state index contributed by atoms with van der Waals surface area (Å²) < 4.78 is 0. The second kappa shape index (κ2) is 7.09. The van der Waals surface area contributed by atoms with E-state index in [1.54, 1.807) is 12.1 Å². The molecule has 0 aliphatic carbocycles. The van der Waals surface area contributed by atoms with Crippen LogP contribution >= 0.6 is 0 Å². The Hall–Kier alpha value is -1.62. The molecule has 0 aromatic carbocycles. The molecule has 1 aromatic heterocycles. The minimum absolute atomic E-state index is 0.299. The summed E-state index contributed by atoms with van der Waals surface area (Å²) in [7, 11) is 4.05. The van der Waals surface area contributed by atoms with Crippen molar-refractivity contribution in [2.75, 3.05) is 38.6 Å². The molecule has 5 nitrogen and oxygen atoms in total. The average Bonchev–Trinajstić information content (AvgIpc) is 2.33. The number of nitrogens with zero attached hydrogens (tertiary/aromatic N) is 3. The van der Waals surface area contributed by atoms with Gasteiger partial charge in [-0.1, -0.05) is 6.92 Å². The Bertz CT molecular complexity index is 433. The predicted molar refractivity (Wildman–Crippen MR) is 77.0 cm³/mol. The summed E-state index contributed by atoms with van der Waals surface area (Å²) in [6, 6.07) is 3.25. The summed E-state index contributed by atoms with van der Waals surface area (Å²) in [6.45, 7) is 6.57. The van der Waals surface area contributed by atoms with Crippen molar-refractivity contribution in [1.82, 2.24) is 9.88 Å². The second-order valence-corrected chi connectivity index (χ2v) is 4.95. The van der Waals surface area contributed by atoms with Gasteiger partial charge in [0.2, 0.25) is 0 Å². The van der Waals surface area contributed by atoms with Crippen LogP contribution in [0.15, 0.2) is 12.1 Å². The maximum Gasteiger partial charge on any atom is 0.335 e. The van der Waals surface area contributed by atoms with E-state index in [2.05, 4.69) is 21.7 Å². The Kier molecular flexibility index (Phi) is 5.76. The molecule has 0 saturated carbocycles. The lowest BCUT2D eigenvalue weighted by atomic mass is 10.2. The van der Waals surface area contributed by atoms with E-state index in [1.165, 1.54) is 0 Å². The van der Waals surface area contributed by atoms with E-state index in [0.717, 1.165) is 37.6 Å². The van der Waals surface area contributed by atoms with Crippen LogP contribution in [0.25, 0.3) is 0 Å². The van der Waals surface area contributed by atoms with Gasteiger partial charge < -0.3 is 14.9 Å². The van der Waals surface area contributed by atoms with Gasteiger partial charge in [-0.15, -0.1) is 0 Å². The summed E-state index contributed by atoms with van der Waals surface area (Å²) >= 11 is 0. The van der Waals surface area contributed by atoms with Crippen LogP contribution in [-0.4, -0.2) is 54.7 Å². The van der Waals surface area contributed by atoms with Crippen molar-refractivity contribution >= 4 is 11.8 Å². The number of rotatable bonds is 7. The standard InChI is InChI=1S/C14H23N3O2/c1-5-6-17(8-7-16(3)4)13-10-12(14(18)19)9-11(2)15-13/h9-10H,5-8H2,1-4H3,(H,18,19). The molecule has 0 spiro atoms. The highest BCUT2D eigenvalue weighted by molar-refractivity contribution is 5.88. The number of aromatic carboxylic acids is 1. The van der Waals surface area contributed by atoms with Gasteiger partial charge in [-0.05, 0) is 39.6 Å². The van der Waals surface area contributed by atoms with Crippen LogP contribution in [0.3, 0.4) is 0 Å². The Labute approximate surface area is 114 Å². The van der Waals surface area contributed by atoms with Gasteiger partial charge in [-0.2, -0.15) is 0 Å². The van der Waals surface area contributed by atoms with Gasteiger partial charge >= 0.3 is 5.97 Å². The van der Waals surface area contributed by atoms with E-state index in [4.69, 9.17) is 5.11 Å². The van der Waals surface area contributed by atoms with Gasteiger partial charge in [0.05, 0.1) is 5.56 Å². The molecule has 0 aliphatic rings. The Morgan fingerprint density at radius 1 is 1.26 bits per heavy atom. The van der Waals surface area contributed by atoms with Gasteiger partial charge in [-0.3, -0.25) is 0 Å². The van der Waals surface area contributed by atoms with Crippen molar-refractivity contribution in [2.24, 2.45) is 0 Å². The van der Waals surface area contributed by atoms with Crippen molar-refractivity contribution in [3.8, 4) is 0 Å². The highest BCUT2D eigenvalue weighted by Gasteiger charge is 2.12. The summed E-state index contributed by atoms with van der Waals surface area (Å²) in [5, 5.41) is 9.11. The van der Waals surface area contributed by atoms with Crippen molar-refractivity contribution < 1.29 is 9.90 Å². The molecule has 1 N–H and O–H groups in total. The molecule has 1 rings (SSSR count). The minimum Gasteiger partial charge on any atom is -0.478 e. The number of hydrogen-bond donors (Lipinski definition) is 1. The van der Waals surface area contributed by atoms with E-state index in [9.17, 15) is 4.79 Å². The van der Waals surface area contributed by atoms with Crippen LogP contribution in [0.1, 0.15) is 29.4 Å². The lowest BCUT2D eigenvalue weighted by Crippen LogP contribution is -2.33. The molecule has 0 bridgehead atoms. The van der Waals surface area contributed by atoms with Gasteiger partial charge in [0, 0.05) is 25.3 Å². The topological polar surface area (TPSA) is 56.7 Å². The molecule has 0 atom stereocenters. The molecule has 1 aromatic rings. The molecule has 0 fully saturated rings. The van der Waals surface area contributed by atoms with Crippen LogP contribution in [0.4, 0.5) is 5.82 Å². The third-order valence-electron chi connectivity index (χ3n) is 2.82. The largest absolute Gasteiger partial charge is 0.478 e. The summed E-state index contributed by atoms with van der Waals surface area (Å²) in [6.07, 6.45) is 1.01. The number of aryl methyl sites for hydroxylation is 1. The van der Waals surface area contributed by atoms with Gasteiger partial charge in [0.15, 0.2) is 0 Å². The third-order valence-corrected chi connectivity index (χ3v) is 2.82. The molecule has 0 saturated heterocycles. The lowest BCUT2D eigenvalue weighted by molar-refractivity contribution is 0.0696. The zero-order valence-corrected chi connectivity index (χ0v) is 12.2. The quantitative estimate of drug-likeness (QED) is 0.815. The Balaban J connectivity index is 2.97. The van der Waals surface area contributed by atoms with Crippen molar-refractivity contribution in [3.63, 3.8) is 0 Å². The maximum atomic E-state index is 11.1. The van der Waals surface area contributed by atoms with E-state index in [-0.39, 0.29) is 0 Å². The monoisotopic (exact) mass is 265 g/mol. The molecule has 19 heavy (non-hydrogen) atoms. The molecule has 1 heterocycles. The molecular formula is C14H23N3O2. The highest BCUT2D eigenvalue weighted by atomic mass is 16.4. The van der Waals surface area contributed by atoms with E-state index < -0.39 is 5.97 Å². The van der Waals surface area contributed by atoms with Crippen molar-refractivity contribution in [3.05, 3.63) is 23.4 Å². The van der Waals surface area contributed by atoms with Crippen LogP contribution in [-0.2, 0) is 0 Å². The Morgan fingerprint density at radius 3 is 2.47 bits per heavy atom. The number of pyridine rings is 1. The minimum atomic E-state index is -0.907. The van der Waals surface area contributed by atoms with Crippen LogP contribution in [0.5, 0.6) is 0 Å². The summed E-state index contributed by atoms with van der Waals surface area (Å²) in [5.41, 5.74) is 1.04. The fourth-order valence-corrected chi connectivity index (χ4v) is 1.87. The predicted octanol–water partition coefficient (Wildman–Crippen LogP) is 1.87. The highest BCUT2D eigenvalue weighted by Crippen LogP contribution is 2.15. The second-order valence-electron chi connectivity index (χ2n) is 4.95. The molecule has 0 unspecified atom stereocenters. The van der Waals surface area contributed by atoms with Crippen molar-refractivity contribution in [1.29, 1.82) is 0 Å². The molecule has 0 radical (unpaired) electrons. The third kappa shape index (κ3) is 4.87. The first-order valence-electron chi connectivity index (χ1n) is 6.55. The molecular weight excluding hydrogens is 242 g/mol. The molecule has 106 valence electrons. The number of carboxylic acids is 1. The number of carbonyl (C=O) groups is 1. The van der Waals surface area contributed by atoms with Gasteiger partial charge in [-0.25, -0.2) is 9.78 Å². The van der Waals surface area contributed by atoms with E-state index in [1.807, 2.05) is 21.0 Å². The van der Waals surface area contributed by atoms with Crippen LogP contribution < -0.4 is 4.90 Å². The lowest BCUT2D eigenvalue weighted by Gasteiger charge is -2.25. The number of hydrogen-bond acceptors (Lipinski definition) is 4. The summed E-state index contributed by atoms with van der Waals surface area (Å²) in [5.74, 6) is -0.156. The number of carboxylic acid groups (broad SMARTS) is 1. The van der Waals surface area contributed by atoms with E-state index in [0.29, 0.717) is 5.56 Å². The Morgan fingerprint density at radius 2 is 1.95 bits per heavy atom. The molecule has 0 amide bonds. The number of aromatic nitrogens is 1. The zero-order chi connectivity index (χ0) is 14.4.